The van der Waals surface area contributed by atoms with Gasteiger partial charge in [0, 0.05) is 12.1 Å². The highest BCUT2D eigenvalue weighted by Crippen LogP contribution is 2.30. The zero-order valence-corrected chi connectivity index (χ0v) is 17.3. The van der Waals surface area contributed by atoms with E-state index in [1.54, 1.807) is 25.1 Å². The molecule has 0 spiro atoms. The molecule has 0 radical (unpaired) electrons. The van der Waals surface area contributed by atoms with Crippen LogP contribution in [0.25, 0.3) is 0 Å². The number of sulfonamides is 1. The summed E-state index contributed by atoms with van der Waals surface area (Å²) in [5.41, 5.74) is 1.62. The van der Waals surface area contributed by atoms with Crippen molar-refractivity contribution in [3.63, 3.8) is 0 Å². The summed E-state index contributed by atoms with van der Waals surface area (Å²) in [6, 6.07) is 10.4. The van der Waals surface area contributed by atoms with Gasteiger partial charge in [-0.1, -0.05) is 6.07 Å². The first kappa shape index (κ1) is 21.8. The zero-order chi connectivity index (χ0) is 21.9. The van der Waals surface area contributed by atoms with E-state index in [-0.39, 0.29) is 35.9 Å². The van der Waals surface area contributed by atoms with E-state index >= 15 is 0 Å². The molecule has 1 aliphatic heterocycles. The van der Waals surface area contributed by atoms with Gasteiger partial charge in [-0.05, 0) is 55.8 Å². The van der Waals surface area contributed by atoms with E-state index in [4.69, 9.17) is 4.74 Å². The van der Waals surface area contributed by atoms with Crippen molar-refractivity contribution in [1.82, 2.24) is 10.0 Å². The molecule has 2 unspecified atom stereocenters. The van der Waals surface area contributed by atoms with Crippen LogP contribution in [0.5, 0.6) is 5.75 Å². The van der Waals surface area contributed by atoms with Gasteiger partial charge >= 0.3 is 0 Å². The number of ether oxygens (including phenoxy) is 1. The summed E-state index contributed by atoms with van der Waals surface area (Å²) in [5.74, 6) is -0.0476. The number of nitrogens with one attached hydrogen (secondary N) is 3. The van der Waals surface area contributed by atoms with Gasteiger partial charge in [-0.2, -0.15) is 0 Å². The van der Waals surface area contributed by atoms with Crippen molar-refractivity contribution in [1.29, 1.82) is 0 Å². The first-order valence-corrected chi connectivity index (χ1v) is 10.8. The predicted octanol–water partition coefficient (Wildman–Crippen LogP) is 1.17. The number of rotatable bonds is 7. The minimum absolute atomic E-state index is 0.00169. The molecule has 10 heteroatoms. The maximum absolute atomic E-state index is 12.5. The lowest BCUT2D eigenvalue weighted by atomic mass is 10.1. The Labute approximate surface area is 174 Å². The number of anilines is 1. The molecule has 1 heterocycles. The van der Waals surface area contributed by atoms with Crippen molar-refractivity contribution in [2.75, 3.05) is 18.5 Å². The van der Waals surface area contributed by atoms with Crippen molar-refractivity contribution in [3.8, 4) is 5.75 Å². The number of carbonyl (C=O) groups is 2. The van der Waals surface area contributed by atoms with Crippen molar-refractivity contribution in [2.45, 2.75) is 30.9 Å². The minimum atomic E-state index is -3.77. The first-order valence-electron chi connectivity index (χ1n) is 9.31. The van der Waals surface area contributed by atoms with E-state index in [1.165, 1.54) is 31.2 Å². The number of hydrogen-bond acceptors (Lipinski definition) is 6. The second-order valence-corrected chi connectivity index (χ2v) is 8.78. The molecule has 0 saturated carbocycles. The number of benzene rings is 2. The van der Waals surface area contributed by atoms with Crippen LogP contribution in [0.1, 0.15) is 35.8 Å². The summed E-state index contributed by atoms with van der Waals surface area (Å²) >= 11 is 0. The lowest BCUT2D eigenvalue weighted by Gasteiger charge is -2.21. The maximum atomic E-state index is 12.5. The van der Waals surface area contributed by atoms with E-state index in [0.717, 1.165) is 5.56 Å². The van der Waals surface area contributed by atoms with Gasteiger partial charge in [-0.15, -0.1) is 0 Å². The summed E-state index contributed by atoms with van der Waals surface area (Å²) in [6.45, 7) is 3.14. The molecule has 160 valence electrons. The summed E-state index contributed by atoms with van der Waals surface area (Å²) in [5, 5.41) is 14.8. The summed E-state index contributed by atoms with van der Waals surface area (Å²) < 4.78 is 31.9. The van der Waals surface area contributed by atoms with Crippen molar-refractivity contribution in [3.05, 3.63) is 53.6 Å². The molecule has 2 aromatic carbocycles. The molecular formula is C20H23N3O6S. The van der Waals surface area contributed by atoms with Crippen molar-refractivity contribution < 1.29 is 27.9 Å². The third-order valence-corrected chi connectivity index (χ3v) is 5.92. The van der Waals surface area contributed by atoms with Crippen LogP contribution in [0.3, 0.4) is 0 Å². The molecule has 2 atom stereocenters. The highest BCUT2D eigenvalue weighted by Gasteiger charge is 2.19. The fourth-order valence-corrected chi connectivity index (χ4v) is 3.95. The third-order valence-electron chi connectivity index (χ3n) is 4.48. The Bertz CT molecular complexity index is 1050. The van der Waals surface area contributed by atoms with E-state index in [2.05, 4.69) is 15.4 Å². The Balaban J connectivity index is 1.67. The first-order chi connectivity index (χ1) is 14.2. The summed E-state index contributed by atoms with van der Waals surface area (Å²) in [4.78, 5) is 24.0. The smallest absolute Gasteiger partial charge is 0.262 e. The van der Waals surface area contributed by atoms with E-state index in [9.17, 15) is 23.1 Å². The number of hydrogen-bond donors (Lipinski definition) is 4. The van der Waals surface area contributed by atoms with Gasteiger partial charge in [0.05, 0.1) is 22.7 Å². The third kappa shape index (κ3) is 5.15. The average molecular weight is 433 g/mol. The molecule has 2 amide bonds. The van der Waals surface area contributed by atoms with Gasteiger partial charge in [0.2, 0.25) is 10.0 Å². The number of fused-ring (bicyclic) bond motifs is 1. The van der Waals surface area contributed by atoms with Crippen LogP contribution >= 0.6 is 0 Å². The Kier molecular flexibility index (Phi) is 6.40. The molecule has 1 aliphatic rings. The molecule has 0 bridgehead atoms. The Hall–Kier alpha value is -2.95. The van der Waals surface area contributed by atoms with Gasteiger partial charge in [0.15, 0.2) is 6.61 Å². The fraction of sp³-hybridized carbons (Fsp3) is 0.300. The molecule has 4 N–H and O–H groups in total. The quantitative estimate of drug-likeness (QED) is 0.518. The number of aliphatic hydroxyl groups is 1. The number of carbonyl (C=O) groups excluding carboxylic acids is 2. The van der Waals surface area contributed by atoms with Gasteiger partial charge in [0.25, 0.3) is 11.8 Å². The molecule has 3 rings (SSSR count). The SMILES string of the molecule is CC(O)CNS(=O)(=O)c1ccc(C(=O)NC(C)c2ccc3c(c2)NC(=O)CO3)cc1. The van der Waals surface area contributed by atoms with Crippen LogP contribution in [0, 0.1) is 0 Å². The van der Waals surface area contributed by atoms with Crippen LogP contribution in [0.4, 0.5) is 5.69 Å². The fourth-order valence-electron chi connectivity index (χ4n) is 2.83. The standard InChI is InChI=1S/C20H23N3O6S/c1-12(24)10-21-30(27,28)16-6-3-14(4-7-16)20(26)22-13(2)15-5-8-18-17(9-15)23-19(25)11-29-18/h3-9,12-13,21,24H,10-11H2,1-2H3,(H,22,26)(H,23,25). The Morgan fingerprint density at radius 1 is 1.20 bits per heavy atom. The summed E-state index contributed by atoms with van der Waals surface area (Å²) in [6.07, 6.45) is -0.810. The van der Waals surface area contributed by atoms with Crippen LogP contribution in [-0.4, -0.2) is 44.6 Å². The topological polar surface area (TPSA) is 134 Å². The van der Waals surface area contributed by atoms with Crippen molar-refractivity contribution in [2.24, 2.45) is 0 Å². The van der Waals surface area contributed by atoms with Crippen LogP contribution < -0.4 is 20.1 Å². The van der Waals surface area contributed by atoms with E-state index < -0.39 is 16.1 Å². The lowest BCUT2D eigenvalue weighted by molar-refractivity contribution is -0.118. The van der Waals surface area contributed by atoms with Gasteiger partial charge in [0.1, 0.15) is 5.75 Å². The minimum Gasteiger partial charge on any atom is -0.482 e. The maximum Gasteiger partial charge on any atom is 0.262 e. The number of amides is 2. The predicted molar refractivity (Wildman–Crippen MR) is 110 cm³/mol. The highest BCUT2D eigenvalue weighted by molar-refractivity contribution is 7.89. The monoisotopic (exact) mass is 433 g/mol. The molecule has 0 fully saturated rings. The van der Waals surface area contributed by atoms with Gasteiger partial charge in [-0.25, -0.2) is 13.1 Å². The van der Waals surface area contributed by atoms with E-state index in [0.29, 0.717) is 17.0 Å². The summed E-state index contributed by atoms with van der Waals surface area (Å²) in [7, 11) is -3.77. The Morgan fingerprint density at radius 2 is 1.90 bits per heavy atom. The van der Waals surface area contributed by atoms with Crippen LogP contribution in [0.2, 0.25) is 0 Å². The van der Waals surface area contributed by atoms with E-state index in [1.807, 2.05) is 0 Å². The molecule has 2 aromatic rings. The molecular weight excluding hydrogens is 410 g/mol. The van der Waals surface area contributed by atoms with Crippen molar-refractivity contribution >= 4 is 27.5 Å². The van der Waals surface area contributed by atoms with Crippen LogP contribution in [-0.2, 0) is 14.8 Å². The normalized spacial score (nSPS) is 15.4. The second-order valence-electron chi connectivity index (χ2n) is 7.01. The average Bonchev–Trinajstić information content (AvgIpc) is 2.71. The molecule has 9 nitrogen and oxygen atoms in total. The molecule has 0 aromatic heterocycles. The zero-order valence-electron chi connectivity index (χ0n) is 16.5. The number of aliphatic hydroxyl groups excluding tert-OH is 1. The molecule has 0 saturated heterocycles. The second kappa shape index (κ2) is 8.82. The molecule has 30 heavy (non-hydrogen) atoms. The van der Waals surface area contributed by atoms with Gasteiger partial charge < -0.3 is 20.5 Å². The largest absolute Gasteiger partial charge is 0.482 e. The molecule has 0 aliphatic carbocycles. The Morgan fingerprint density at radius 3 is 2.57 bits per heavy atom. The van der Waals surface area contributed by atoms with Crippen LogP contribution in [0.15, 0.2) is 47.4 Å². The highest BCUT2D eigenvalue weighted by atomic mass is 32.2. The van der Waals surface area contributed by atoms with Gasteiger partial charge in [-0.3, -0.25) is 9.59 Å². The lowest BCUT2D eigenvalue weighted by Crippen LogP contribution is -2.31.